The van der Waals surface area contributed by atoms with E-state index in [-0.39, 0.29) is 36.0 Å². The van der Waals surface area contributed by atoms with E-state index in [9.17, 15) is 4.79 Å². The van der Waals surface area contributed by atoms with Crippen LogP contribution in [0.3, 0.4) is 0 Å². The van der Waals surface area contributed by atoms with Crippen molar-refractivity contribution in [2.24, 2.45) is 17.6 Å². The van der Waals surface area contributed by atoms with Crippen LogP contribution in [0.4, 0.5) is 0 Å². The van der Waals surface area contributed by atoms with Crippen LogP contribution in [0.1, 0.15) is 34.1 Å². The summed E-state index contributed by atoms with van der Waals surface area (Å²) >= 11 is 0. The zero-order chi connectivity index (χ0) is 12.3. The van der Waals surface area contributed by atoms with Crippen molar-refractivity contribution in [3.05, 3.63) is 0 Å². The number of carbonyl (C=O) groups excluding carboxylic acids is 1. The van der Waals surface area contributed by atoms with Crippen molar-refractivity contribution in [2.45, 2.75) is 52.4 Å². The van der Waals surface area contributed by atoms with Crippen LogP contribution >= 0.6 is 0 Å². The van der Waals surface area contributed by atoms with Crippen LogP contribution in [0.5, 0.6) is 0 Å². The molecule has 0 aromatic heterocycles. The Morgan fingerprint density at radius 1 is 1.38 bits per heavy atom. The Morgan fingerprint density at radius 3 is 2.44 bits per heavy atom. The molecule has 0 radical (unpaired) electrons. The molecular formula is C12H24N2O2. The first kappa shape index (κ1) is 13.5. The van der Waals surface area contributed by atoms with Crippen LogP contribution in [0.15, 0.2) is 0 Å². The predicted molar refractivity (Wildman–Crippen MR) is 63.9 cm³/mol. The lowest BCUT2D eigenvalue weighted by Gasteiger charge is -2.19. The highest BCUT2D eigenvalue weighted by Crippen LogP contribution is 2.32. The zero-order valence-electron chi connectivity index (χ0n) is 10.7. The van der Waals surface area contributed by atoms with Gasteiger partial charge in [-0.15, -0.1) is 0 Å². The summed E-state index contributed by atoms with van der Waals surface area (Å²) in [6.45, 7) is 8.62. The Balaban J connectivity index is 2.47. The van der Waals surface area contributed by atoms with Gasteiger partial charge >= 0.3 is 0 Å². The van der Waals surface area contributed by atoms with E-state index in [4.69, 9.17) is 10.5 Å². The number of hydrogen-bond donors (Lipinski definition) is 2. The number of carbonyl (C=O) groups is 1. The maximum absolute atomic E-state index is 12.0. The average molecular weight is 228 g/mol. The molecule has 94 valence electrons. The molecule has 5 unspecified atom stereocenters. The van der Waals surface area contributed by atoms with Crippen LogP contribution in [-0.4, -0.2) is 30.7 Å². The van der Waals surface area contributed by atoms with Crippen LogP contribution in [0, 0.1) is 11.8 Å². The molecule has 0 aromatic carbocycles. The lowest BCUT2D eigenvalue weighted by molar-refractivity contribution is -0.127. The van der Waals surface area contributed by atoms with Crippen LogP contribution in [0.25, 0.3) is 0 Å². The lowest BCUT2D eigenvalue weighted by atomic mass is 9.89. The molecule has 3 N–H and O–H groups in total. The van der Waals surface area contributed by atoms with E-state index in [2.05, 4.69) is 12.2 Å². The molecule has 5 atom stereocenters. The van der Waals surface area contributed by atoms with Gasteiger partial charge < -0.3 is 15.8 Å². The van der Waals surface area contributed by atoms with E-state index in [0.717, 1.165) is 6.42 Å². The third-order valence-electron chi connectivity index (χ3n) is 3.61. The summed E-state index contributed by atoms with van der Waals surface area (Å²) in [4.78, 5) is 12.0. The van der Waals surface area contributed by atoms with Gasteiger partial charge in [-0.2, -0.15) is 0 Å². The average Bonchev–Trinajstić information content (AvgIpc) is 2.49. The second-order valence-electron chi connectivity index (χ2n) is 4.84. The fraction of sp³-hybridized carbons (Fsp3) is 0.917. The van der Waals surface area contributed by atoms with Crippen molar-refractivity contribution in [1.82, 2.24) is 5.32 Å². The van der Waals surface area contributed by atoms with Gasteiger partial charge in [0.1, 0.15) is 0 Å². The fourth-order valence-electron chi connectivity index (χ4n) is 2.21. The van der Waals surface area contributed by atoms with Crippen molar-refractivity contribution < 1.29 is 9.53 Å². The highest BCUT2D eigenvalue weighted by Gasteiger charge is 2.41. The molecule has 4 heteroatoms. The van der Waals surface area contributed by atoms with Gasteiger partial charge in [-0.3, -0.25) is 4.79 Å². The van der Waals surface area contributed by atoms with Crippen molar-refractivity contribution in [3.8, 4) is 0 Å². The summed E-state index contributed by atoms with van der Waals surface area (Å²) in [6.07, 6.45) is 1.04. The largest absolute Gasteiger partial charge is 0.374 e. The van der Waals surface area contributed by atoms with E-state index in [1.807, 2.05) is 20.8 Å². The van der Waals surface area contributed by atoms with Gasteiger partial charge in [0.05, 0.1) is 18.1 Å². The highest BCUT2D eigenvalue weighted by atomic mass is 16.5. The smallest absolute Gasteiger partial charge is 0.226 e. The van der Waals surface area contributed by atoms with Gasteiger partial charge in [-0.1, -0.05) is 13.8 Å². The summed E-state index contributed by atoms with van der Waals surface area (Å²) in [5, 5.41) is 2.91. The first-order valence-corrected chi connectivity index (χ1v) is 6.16. The van der Waals surface area contributed by atoms with Gasteiger partial charge in [0.25, 0.3) is 0 Å². The summed E-state index contributed by atoms with van der Waals surface area (Å²) in [6, 6.07) is 0.0503. The number of rotatable bonds is 4. The topological polar surface area (TPSA) is 64.3 Å². The second kappa shape index (κ2) is 5.64. The van der Waals surface area contributed by atoms with Crippen LogP contribution in [-0.2, 0) is 9.53 Å². The maximum Gasteiger partial charge on any atom is 0.226 e. The summed E-state index contributed by atoms with van der Waals surface area (Å²) < 4.78 is 5.65. The van der Waals surface area contributed by atoms with E-state index in [1.165, 1.54) is 0 Å². The third kappa shape index (κ3) is 2.95. The zero-order valence-corrected chi connectivity index (χ0v) is 10.7. The normalized spacial score (nSPS) is 36.1. The van der Waals surface area contributed by atoms with Gasteiger partial charge in [0.15, 0.2) is 0 Å². The van der Waals surface area contributed by atoms with Crippen LogP contribution < -0.4 is 11.1 Å². The van der Waals surface area contributed by atoms with Crippen molar-refractivity contribution in [1.29, 1.82) is 0 Å². The molecule has 16 heavy (non-hydrogen) atoms. The Morgan fingerprint density at radius 2 is 2.00 bits per heavy atom. The van der Waals surface area contributed by atoms with Crippen molar-refractivity contribution >= 4 is 5.91 Å². The van der Waals surface area contributed by atoms with Gasteiger partial charge in [0, 0.05) is 12.6 Å². The van der Waals surface area contributed by atoms with Crippen molar-refractivity contribution in [3.63, 3.8) is 0 Å². The quantitative estimate of drug-likeness (QED) is 0.751. The molecule has 0 spiro atoms. The molecule has 0 bridgehead atoms. The molecule has 1 saturated heterocycles. The van der Waals surface area contributed by atoms with E-state index < -0.39 is 0 Å². The lowest BCUT2D eigenvalue weighted by Crippen LogP contribution is -2.42. The number of nitrogens with one attached hydrogen (secondary N) is 1. The maximum atomic E-state index is 12.0. The summed E-state index contributed by atoms with van der Waals surface area (Å²) in [5.74, 6) is 0.306. The molecule has 1 aliphatic rings. The Kier molecular flexibility index (Phi) is 4.74. The van der Waals surface area contributed by atoms with Gasteiger partial charge in [0.2, 0.25) is 5.91 Å². The van der Waals surface area contributed by atoms with E-state index in [1.54, 1.807) is 0 Å². The summed E-state index contributed by atoms with van der Waals surface area (Å²) in [7, 11) is 0. The Labute approximate surface area is 97.9 Å². The molecule has 1 fully saturated rings. The molecule has 0 aliphatic carbocycles. The van der Waals surface area contributed by atoms with E-state index in [0.29, 0.717) is 6.54 Å². The van der Waals surface area contributed by atoms with E-state index >= 15 is 0 Å². The predicted octanol–water partition coefficient (Wildman–Crippen LogP) is 0.899. The minimum atomic E-state index is -0.0425. The Bertz CT molecular complexity index is 245. The number of ether oxygens (including phenoxy) is 1. The number of nitrogens with two attached hydrogens (primary N) is 1. The standard InChI is InChI=1S/C12H24N2O2/c1-5-10(13)6-14-12(15)11-7(2)8(3)16-9(11)4/h7-11H,5-6,13H2,1-4H3,(H,14,15). The number of amides is 1. The fourth-order valence-corrected chi connectivity index (χ4v) is 2.21. The molecule has 0 saturated carbocycles. The first-order valence-electron chi connectivity index (χ1n) is 6.16. The Hall–Kier alpha value is -0.610. The third-order valence-corrected chi connectivity index (χ3v) is 3.61. The summed E-state index contributed by atoms with van der Waals surface area (Å²) in [5.41, 5.74) is 5.77. The van der Waals surface area contributed by atoms with Gasteiger partial charge in [-0.25, -0.2) is 0 Å². The van der Waals surface area contributed by atoms with Crippen molar-refractivity contribution in [2.75, 3.05) is 6.54 Å². The minimum Gasteiger partial charge on any atom is -0.374 e. The molecule has 1 amide bonds. The van der Waals surface area contributed by atoms with Gasteiger partial charge in [-0.05, 0) is 26.2 Å². The SMILES string of the molecule is CCC(N)CNC(=O)C1C(C)OC(C)C1C. The monoisotopic (exact) mass is 228 g/mol. The molecule has 1 heterocycles. The number of hydrogen-bond acceptors (Lipinski definition) is 3. The molecule has 0 aromatic rings. The molecular weight excluding hydrogens is 204 g/mol. The highest BCUT2D eigenvalue weighted by molar-refractivity contribution is 5.79. The van der Waals surface area contributed by atoms with Crippen LogP contribution in [0.2, 0.25) is 0 Å². The second-order valence-corrected chi connectivity index (χ2v) is 4.84. The minimum absolute atomic E-state index is 0.00264. The molecule has 1 aliphatic heterocycles. The first-order chi connectivity index (χ1) is 7.47. The molecule has 1 rings (SSSR count). The molecule has 4 nitrogen and oxygen atoms in total.